The largest absolute Gasteiger partial charge is 0.478 e. The molecule has 1 aromatic carbocycles. The minimum atomic E-state index is -0.929. The van der Waals surface area contributed by atoms with Crippen LogP contribution in [0.2, 0.25) is 0 Å². The van der Waals surface area contributed by atoms with Gasteiger partial charge in [0, 0.05) is 24.2 Å². The van der Waals surface area contributed by atoms with Gasteiger partial charge in [0.05, 0.1) is 17.1 Å². The second kappa shape index (κ2) is 6.29. The first-order valence-corrected chi connectivity index (χ1v) is 8.40. The summed E-state index contributed by atoms with van der Waals surface area (Å²) in [5, 5.41) is 14.3. The number of carboxylic acids is 1. The molecule has 1 unspecified atom stereocenters. The van der Waals surface area contributed by atoms with Crippen molar-refractivity contribution in [3.05, 3.63) is 59.1 Å². The van der Waals surface area contributed by atoms with Crippen LogP contribution in [0.1, 0.15) is 46.3 Å². The zero-order valence-corrected chi connectivity index (χ0v) is 14.0. The molecule has 0 saturated carbocycles. The van der Waals surface area contributed by atoms with Crippen LogP contribution in [-0.2, 0) is 6.54 Å². The maximum Gasteiger partial charge on any atom is 0.336 e. The van der Waals surface area contributed by atoms with Crippen molar-refractivity contribution in [2.75, 3.05) is 6.54 Å². The molecule has 0 amide bonds. The van der Waals surface area contributed by atoms with Crippen molar-refractivity contribution < 1.29 is 14.4 Å². The average molecular weight is 337 g/mol. The number of benzene rings is 1. The molecule has 6 heteroatoms. The second-order valence-corrected chi connectivity index (χ2v) is 6.47. The van der Waals surface area contributed by atoms with Crippen LogP contribution in [0, 0.1) is 6.92 Å². The summed E-state index contributed by atoms with van der Waals surface area (Å²) in [6.45, 7) is 3.59. The quantitative estimate of drug-likeness (QED) is 0.784. The first-order chi connectivity index (χ1) is 12.1. The normalized spacial score (nSPS) is 18.0. The van der Waals surface area contributed by atoms with E-state index in [9.17, 15) is 9.90 Å². The van der Waals surface area contributed by atoms with E-state index < -0.39 is 5.97 Å². The van der Waals surface area contributed by atoms with E-state index in [2.05, 4.69) is 15.0 Å². The van der Waals surface area contributed by atoms with Crippen LogP contribution in [0.4, 0.5) is 0 Å². The monoisotopic (exact) mass is 337 g/mol. The Morgan fingerprint density at radius 2 is 2.28 bits per heavy atom. The summed E-state index contributed by atoms with van der Waals surface area (Å²) in [6.07, 6.45) is 3.86. The number of fused-ring (bicyclic) bond motifs is 1. The maximum absolute atomic E-state index is 11.5. The van der Waals surface area contributed by atoms with Crippen LogP contribution in [0.3, 0.4) is 0 Å². The molecule has 1 atom stereocenters. The fourth-order valence-corrected chi connectivity index (χ4v) is 3.66. The molecule has 3 heterocycles. The Kier molecular flexibility index (Phi) is 3.97. The van der Waals surface area contributed by atoms with E-state index in [4.69, 9.17) is 4.52 Å². The van der Waals surface area contributed by atoms with Crippen molar-refractivity contribution in [3.8, 4) is 0 Å². The van der Waals surface area contributed by atoms with Crippen LogP contribution < -0.4 is 0 Å². The third-order valence-corrected chi connectivity index (χ3v) is 4.81. The molecule has 1 aliphatic heterocycles. The van der Waals surface area contributed by atoms with Crippen molar-refractivity contribution in [3.63, 3.8) is 0 Å². The molecule has 6 nitrogen and oxygen atoms in total. The lowest BCUT2D eigenvalue weighted by molar-refractivity contribution is 0.0699. The van der Waals surface area contributed by atoms with E-state index in [1.165, 1.54) is 0 Å². The van der Waals surface area contributed by atoms with Gasteiger partial charge >= 0.3 is 5.97 Å². The summed E-state index contributed by atoms with van der Waals surface area (Å²) in [5.41, 5.74) is 3.04. The van der Waals surface area contributed by atoms with E-state index >= 15 is 0 Å². The number of carboxylic acid groups (broad SMARTS) is 1. The number of aromatic carboxylic acids is 1. The van der Waals surface area contributed by atoms with Gasteiger partial charge in [0.2, 0.25) is 0 Å². The Hall–Kier alpha value is -2.73. The third kappa shape index (κ3) is 2.89. The SMILES string of the molecule is Cc1cc(C2CCCN2Cc2ccc(C(=O)O)c3cccnc23)no1. The summed E-state index contributed by atoms with van der Waals surface area (Å²) >= 11 is 0. The van der Waals surface area contributed by atoms with Gasteiger partial charge in [-0.15, -0.1) is 0 Å². The van der Waals surface area contributed by atoms with Crippen LogP contribution in [0.5, 0.6) is 0 Å². The molecular weight excluding hydrogens is 318 g/mol. The number of likely N-dealkylation sites (tertiary alicyclic amines) is 1. The third-order valence-electron chi connectivity index (χ3n) is 4.81. The topological polar surface area (TPSA) is 79.5 Å². The standard InChI is InChI=1S/C19H19N3O3/c1-12-10-16(21-25-12)17-5-3-9-22(17)11-13-6-7-15(19(23)24)14-4-2-8-20-18(13)14/h2,4,6-8,10,17H,3,5,9,11H2,1H3,(H,23,24). The molecule has 0 spiro atoms. The molecule has 0 radical (unpaired) electrons. The molecule has 128 valence electrons. The molecule has 25 heavy (non-hydrogen) atoms. The number of hydrogen-bond donors (Lipinski definition) is 1. The molecular formula is C19H19N3O3. The predicted molar refractivity (Wildman–Crippen MR) is 92.3 cm³/mol. The van der Waals surface area contributed by atoms with Crippen molar-refractivity contribution in [2.45, 2.75) is 32.4 Å². The van der Waals surface area contributed by atoms with E-state index in [1.54, 1.807) is 18.3 Å². The van der Waals surface area contributed by atoms with E-state index in [-0.39, 0.29) is 11.6 Å². The average Bonchev–Trinajstić information content (AvgIpc) is 3.23. The minimum Gasteiger partial charge on any atom is -0.478 e. The summed E-state index contributed by atoms with van der Waals surface area (Å²) in [5.74, 6) is -0.110. The van der Waals surface area contributed by atoms with E-state index in [0.29, 0.717) is 11.9 Å². The highest BCUT2D eigenvalue weighted by Gasteiger charge is 2.29. The number of aryl methyl sites for hydroxylation is 1. The number of pyridine rings is 1. The molecule has 1 saturated heterocycles. The predicted octanol–water partition coefficient (Wildman–Crippen LogP) is 3.57. The highest BCUT2D eigenvalue weighted by molar-refractivity contribution is 6.03. The second-order valence-electron chi connectivity index (χ2n) is 6.47. The van der Waals surface area contributed by atoms with Crippen LogP contribution in [0.25, 0.3) is 10.9 Å². The molecule has 1 N–H and O–H groups in total. The minimum absolute atomic E-state index is 0.232. The number of carbonyl (C=O) groups is 1. The fraction of sp³-hybridized carbons (Fsp3) is 0.316. The summed E-state index contributed by atoms with van der Waals surface area (Å²) in [4.78, 5) is 18.3. The lowest BCUT2D eigenvalue weighted by atomic mass is 10.0. The van der Waals surface area contributed by atoms with Crippen molar-refractivity contribution >= 4 is 16.9 Å². The van der Waals surface area contributed by atoms with E-state index in [1.807, 2.05) is 25.1 Å². The van der Waals surface area contributed by atoms with Gasteiger partial charge in [-0.25, -0.2) is 4.79 Å². The van der Waals surface area contributed by atoms with Gasteiger partial charge in [0.25, 0.3) is 0 Å². The van der Waals surface area contributed by atoms with Crippen LogP contribution in [-0.4, -0.2) is 32.7 Å². The molecule has 3 aromatic rings. The highest BCUT2D eigenvalue weighted by Crippen LogP contribution is 2.34. The number of rotatable bonds is 4. The van der Waals surface area contributed by atoms with Gasteiger partial charge in [0.15, 0.2) is 0 Å². The summed E-state index contributed by atoms with van der Waals surface area (Å²) in [7, 11) is 0. The van der Waals surface area contributed by atoms with Crippen molar-refractivity contribution in [1.82, 2.24) is 15.0 Å². The van der Waals surface area contributed by atoms with Crippen molar-refractivity contribution in [2.24, 2.45) is 0 Å². The molecule has 4 rings (SSSR count). The lowest BCUT2D eigenvalue weighted by Crippen LogP contribution is -2.23. The summed E-state index contributed by atoms with van der Waals surface area (Å²) < 4.78 is 5.23. The Balaban J connectivity index is 1.69. The lowest BCUT2D eigenvalue weighted by Gasteiger charge is -2.23. The Labute approximate surface area is 145 Å². The van der Waals surface area contributed by atoms with Gasteiger partial charge in [-0.2, -0.15) is 0 Å². The fourth-order valence-electron chi connectivity index (χ4n) is 3.66. The molecule has 1 aliphatic rings. The first kappa shape index (κ1) is 15.8. The number of hydrogen-bond acceptors (Lipinski definition) is 5. The molecule has 2 aromatic heterocycles. The van der Waals surface area contributed by atoms with Gasteiger partial charge in [-0.3, -0.25) is 9.88 Å². The highest BCUT2D eigenvalue weighted by atomic mass is 16.5. The summed E-state index contributed by atoms with van der Waals surface area (Å²) in [6, 6.07) is 9.37. The van der Waals surface area contributed by atoms with E-state index in [0.717, 1.165) is 41.9 Å². The molecule has 0 aliphatic carbocycles. The zero-order valence-electron chi connectivity index (χ0n) is 14.0. The van der Waals surface area contributed by atoms with Gasteiger partial charge in [-0.05, 0) is 44.0 Å². The Morgan fingerprint density at radius 3 is 3.04 bits per heavy atom. The van der Waals surface area contributed by atoms with Gasteiger partial charge in [0.1, 0.15) is 11.5 Å². The van der Waals surface area contributed by atoms with Crippen LogP contribution >= 0.6 is 0 Å². The Morgan fingerprint density at radius 1 is 1.40 bits per heavy atom. The molecule has 0 bridgehead atoms. The smallest absolute Gasteiger partial charge is 0.336 e. The first-order valence-electron chi connectivity index (χ1n) is 8.40. The Bertz CT molecular complexity index is 935. The number of aromatic nitrogens is 2. The molecule has 1 fully saturated rings. The van der Waals surface area contributed by atoms with Crippen molar-refractivity contribution in [1.29, 1.82) is 0 Å². The zero-order chi connectivity index (χ0) is 17.4. The van der Waals surface area contributed by atoms with Gasteiger partial charge in [-0.1, -0.05) is 17.3 Å². The number of nitrogens with zero attached hydrogens (tertiary/aromatic N) is 3. The van der Waals surface area contributed by atoms with Gasteiger partial charge < -0.3 is 9.63 Å². The van der Waals surface area contributed by atoms with Crippen LogP contribution in [0.15, 0.2) is 41.1 Å². The maximum atomic E-state index is 11.5.